The first-order chi connectivity index (χ1) is 8.72. The molecule has 1 unspecified atom stereocenters. The fourth-order valence-electron chi connectivity index (χ4n) is 1.81. The molecule has 0 spiro atoms. The van der Waals surface area contributed by atoms with Crippen molar-refractivity contribution >= 4 is 15.9 Å². The number of rotatable bonds is 5. The summed E-state index contributed by atoms with van der Waals surface area (Å²) in [7, 11) is 1.68. The monoisotopic (exact) mass is 309 g/mol. The van der Waals surface area contributed by atoms with E-state index in [4.69, 9.17) is 10.5 Å². The van der Waals surface area contributed by atoms with E-state index in [1.54, 1.807) is 13.3 Å². The van der Waals surface area contributed by atoms with Crippen molar-refractivity contribution < 1.29 is 4.74 Å². The molecule has 2 rings (SSSR count). The first-order valence-corrected chi connectivity index (χ1v) is 6.53. The Bertz CT molecular complexity index is 495. The van der Waals surface area contributed by atoms with Gasteiger partial charge in [-0.15, -0.1) is 0 Å². The highest BCUT2D eigenvalue weighted by atomic mass is 79.9. The van der Waals surface area contributed by atoms with Crippen LogP contribution < -0.4 is 5.73 Å². The van der Waals surface area contributed by atoms with Crippen molar-refractivity contribution in [3.05, 3.63) is 52.3 Å². The number of aromatic nitrogens is 2. The van der Waals surface area contributed by atoms with Crippen LogP contribution in [0.25, 0.3) is 0 Å². The van der Waals surface area contributed by atoms with Gasteiger partial charge >= 0.3 is 0 Å². The van der Waals surface area contributed by atoms with Gasteiger partial charge in [-0.25, -0.2) is 0 Å². The topological polar surface area (TPSA) is 53.1 Å². The van der Waals surface area contributed by atoms with Crippen molar-refractivity contribution in [2.45, 2.75) is 12.6 Å². The maximum Gasteiger partial charge on any atom is 0.0723 e. The minimum atomic E-state index is -0.169. The number of benzene rings is 1. The Morgan fingerprint density at radius 3 is 2.72 bits per heavy atom. The summed E-state index contributed by atoms with van der Waals surface area (Å²) in [5.41, 5.74) is 8.33. The maximum absolute atomic E-state index is 6.27. The molecule has 1 aromatic carbocycles. The number of hydrogen-bond acceptors (Lipinski definition) is 3. The lowest BCUT2D eigenvalue weighted by Gasteiger charge is -2.14. The number of halogens is 1. The molecule has 0 aliphatic rings. The maximum atomic E-state index is 6.27. The van der Waals surface area contributed by atoms with E-state index in [1.165, 1.54) is 0 Å². The Labute approximate surface area is 115 Å². The largest absolute Gasteiger partial charge is 0.383 e. The van der Waals surface area contributed by atoms with Gasteiger partial charge in [0.2, 0.25) is 0 Å². The summed E-state index contributed by atoms with van der Waals surface area (Å²) in [6.45, 7) is 1.34. The van der Waals surface area contributed by atoms with E-state index >= 15 is 0 Å². The number of ether oxygens (including phenoxy) is 1. The Hall–Kier alpha value is -1.17. The molecule has 1 aromatic heterocycles. The van der Waals surface area contributed by atoms with Crippen molar-refractivity contribution in [2.75, 3.05) is 13.7 Å². The number of nitrogens with zero attached hydrogens (tertiary/aromatic N) is 2. The highest BCUT2D eigenvalue weighted by molar-refractivity contribution is 9.10. The average molecular weight is 310 g/mol. The summed E-state index contributed by atoms with van der Waals surface area (Å²) in [4.78, 5) is 0. The molecule has 0 saturated heterocycles. The predicted molar refractivity (Wildman–Crippen MR) is 74.3 cm³/mol. The molecule has 0 aliphatic heterocycles. The minimum Gasteiger partial charge on any atom is -0.383 e. The Kier molecular flexibility index (Phi) is 4.52. The smallest absolute Gasteiger partial charge is 0.0723 e. The highest BCUT2D eigenvalue weighted by Crippen LogP contribution is 2.21. The third-order valence-electron chi connectivity index (χ3n) is 2.80. The van der Waals surface area contributed by atoms with Crippen LogP contribution in [0.5, 0.6) is 0 Å². The third kappa shape index (κ3) is 2.98. The van der Waals surface area contributed by atoms with Gasteiger partial charge in [0, 0.05) is 17.8 Å². The zero-order chi connectivity index (χ0) is 13.0. The summed E-state index contributed by atoms with van der Waals surface area (Å²) in [5, 5.41) is 4.27. The number of methoxy groups -OCH3 is 1. The van der Waals surface area contributed by atoms with Gasteiger partial charge in [-0.2, -0.15) is 5.10 Å². The van der Waals surface area contributed by atoms with Crippen LogP contribution in [0.1, 0.15) is 17.3 Å². The quantitative estimate of drug-likeness (QED) is 0.922. The van der Waals surface area contributed by atoms with Gasteiger partial charge < -0.3 is 10.5 Å². The SMILES string of the molecule is COCCn1nccc1C(N)c1ccc(Br)cc1. The molecule has 18 heavy (non-hydrogen) atoms. The van der Waals surface area contributed by atoms with Gasteiger partial charge in [0.25, 0.3) is 0 Å². The summed E-state index contributed by atoms with van der Waals surface area (Å²) >= 11 is 3.42. The molecule has 0 bridgehead atoms. The summed E-state index contributed by atoms with van der Waals surface area (Å²) in [5.74, 6) is 0. The van der Waals surface area contributed by atoms with E-state index in [0.29, 0.717) is 13.2 Å². The Balaban J connectivity index is 2.20. The van der Waals surface area contributed by atoms with Crippen LogP contribution in [0.2, 0.25) is 0 Å². The van der Waals surface area contributed by atoms with E-state index in [2.05, 4.69) is 21.0 Å². The number of nitrogens with two attached hydrogens (primary N) is 1. The van der Waals surface area contributed by atoms with Crippen LogP contribution in [0.4, 0.5) is 0 Å². The fourth-order valence-corrected chi connectivity index (χ4v) is 2.08. The molecule has 0 amide bonds. The first kappa shape index (κ1) is 13.3. The minimum absolute atomic E-state index is 0.169. The zero-order valence-corrected chi connectivity index (χ0v) is 11.8. The van der Waals surface area contributed by atoms with Crippen molar-refractivity contribution in [1.82, 2.24) is 9.78 Å². The zero-order valence-electron chi connectivity index (χ0n) is 10.2. The van der Waals surface area contributed by atoms with Crippen LogP contribution in [0.15, 0.2) is 41.0 Å². The molecule has 0 saturated carbocycles. The lowest BCUT2D eigenvalue weighted by molar-refractivity contribution is 0.182. The van der Waals surface area contributed by atoms with Crippen LogP contribution >= 0.6 is 15.9 Å². The molecule has 1 heterocycles. The molecule has 0 fully saturated rings. The molecular weight excluding hydrogens is 294 g/mol. The van der Waals surface area contributed by atoms with Crippen molar-refractivity contribution in [1.29, 1.82) is 0 Å². The van der Waals surface area contributed by atoms with Crippen molar-refractivity contribution in [3.8, 4) is 0 Å². The second-order valence-corrected chi connectivity index (χ2v) is 4.92. The summed E-state index contributed by atoms with van der Waals surface area (Å²) in [6.07, 6.45) is 1.77. The van der Waals surface area contributed by atoms with Crippen LogP contribution in [-0.2, 0) is 11.3 Å². The normalized spacial score (nSPS) is 12.6. The second kappa shape index (κ2) is 6.13. The highest BCUT2D eigenvalue weighted by Gasteiger charge is 2.13. The molecule has 2 aromatic rings. The summed E-state index contributed by atoms with van der Waals surface area (Å²) in [6, 6.07) is 9.79. The molecule has 2 N–H and O–H groups in total. The van der Waals surface area contributed by atoms with Gasteiger partial charge in [-0.1, -0.05) is 28.1 Å². The lowest BCUT2D eigenvalue weighted by atomic mass is 10.1. The predicted octanol–water partition coefficient (Wildman–Crippen LogP) is 2.34. The standard InChI is InChI=1S/C13H16BrN3O/c1-18-9-8-17-12(6-7-16-17)13(15)10-2-4-11(14)5-3-10/h2-7,13H,8-9,15H2,1H3. The van der Waals surface area contributed by atoms with Gasteiger partial charge in [0.05, 0.1) is 24.9 Å². The van der Waals surface area contributed by atoms with Crippen LogP contribution in [-0.4, -0.2) is 23.5 Å². The summed E-state index contributed by atoms with van der Waals surface area (Å²) < 4.78 is 8.00. The van der Waals surface area contributed by atoms with Crippen LogP contribution in [0, 0.1) is 0 Å². The number of hydrogen-bond donors (Lipinski definition) is 1. The van der Waals surface area contributed by atoms with Crippen molar-refractivity contribution in [3.63, 3.8) is 0 Å². The van der Waals surface area contributed by atoms with E-state index in [9.17, 15) is 0 Å². The van der Waals surface area contributed by atoms with E-state index in [0.717, 1.165) is 15.7 Å². The molecule has 1 atom stereocenters. The molecule has 0 radical (unpaired) electrons. The first-order valence-electron chi connectivity index (χ1n) is 5.74. The third-order valence-corrected chi connectivity index (χ3v) is 3.33. The molecule has 96 valence electrons. The van der Waals surface area contributed by atoms with Gasteiger partial charge in [-0.3, -0.25) is 4.68 Å². The van der Waals surface area contributed by atoms with Gasteiger partial charge in [0.1, 0.15) is 0 Å². The van der Waals surface area contributed by atoms with Gasteiger partial charge in [0.15, 0.2) is 0 Å². The lowest BCUT2D eigenvalue weighted by Crippen LogP contribution is -2.19. The van der Waals surface area contributed by atoms with E-state index in [1.807, 2.05) is 35.0 Å². The van der Waals surface area contributed by atoms with Crippen LogP contribution in [0.3, 0.4) is 0 Å². The Morgan fingerprint density at radius 2 is 2.06 bits per heavy atom. The second-order valence-electron chi connectivity index (χ2n) is 4.00. The molecule has 4 nitrogen and oxygen atoms in total. The molecule has 0 aliphatic carbocycles. The molecular formula is C13H16BrN3O. The Morgan fingerprint density at radius 1 is 1.33 bits per heavy atom. The van der Waals surface area contributed by atoms with E-state index in [-0.39, 0.29) is 6.04 Å². The van der Waals surface area contributed by atoms with Gasteiger partial charge in [-0.05, 0) is 23.8 Å². The molecule has 5 heteroatoms. The average Bonchev–Trinajstić information content (AvgIpc) is 2.84. The fraction of sp³-hybridized carbons (Fsp3) is 0.308. The van der Waals surface area contributed by atoms with E-state index < -0.39 is 0 Å². The van der Waals surface area contributed by atoms with Crippen molar-refractivity contribution in [2.24, 2.45) is 5.73 Å².